The van der Waals surface area contributed by atoms with Gasteiger partial charge in [-0.25, -0.2) is 0 Å². The van der Waals surface area contributed by atoms with Crippen LogP contribution in [-0.4, -0.2) is 26.8 Å². The highest BCUT2D eigenvalue weighted by Crippen LogP contribution is 2.24. The molecule has 0 aliphatic rings. The van der Waals surface area contributed by atoms with Crippen LogP contribution in [0.4, 0.5) is 0 Å². The lowest BCUT2D eigenvalue weighted by molar-refractivity contribution is 0.196. The standard InChI is InChI=1S/C18H30BrNO/c1-4-7-15(2)12-16(14-20-10-11-21-3)13-17-8-5-6-9-18(17)19/h5-6,8-9,15-16,20H,4,7,10-14H2,1-3H3. The molecule has 0 radical (unpaired) electrons. The highest BCUT2D eigenvalue weighted by molar-refractivity contribution is 9.10. The van der Waals surface area contributed by atoms with E-state index in [0.29, 0.717) is 5.92 Å². The third kappa shape index (κ3) is 7.98. The first-order valence-electron chi connectivity index (χ1n) is 8.10. The van der Waals surface area contributed by atoms with E-state index in [0.717, 1.165) is 32.0 Å². The summed E-state index contributed by atoms with van der Waals surface area (Å²) in [5, 5.41) is 3.53. The number of nitrogens with one attached hydrogen (secondary N) is 1. The molecule has 1 aromatic carbocycles. The first-order chi connectivity index (χ1) is 10.2. The van der Waals surface area contributed by atoms with Crippen LogP contribution in [0.2, 0.25) is 0 Å². The van der Waals surface area contributed by atoms with E-state index in [9.17, 15) is 0 Å². The molecule has 1 N–H and O–H groups in total. The number of methoxy groups -OCH3 is 1. The Morgan fingerprint density at radius 3 is 2.71 bits per heavy atom. The van der Waals surface area contributed by atoms with Crippen LogP contribution in [0.3, 0.4) is 0 Å². The Bertz CT molecular complexity index is 383. The minimum Gasteiger partial charge on any atom is -0.383 e. The number of hydrogen-bond donors (Lipinski definition) is 1. The van der Waals surface area contributed by atoms with Crippen LogP contribution in [0.1, 0.15) is 38.7 Å². The van der Waals surface area contributed by atoms with Crippen LogP contribution in [0.25, 0.3) is 0 Å². The van der Waals surface area contributed by atoms with Crippen molar-refractivity contribution in [2.75, 3.05) is 26.8 Å². The fourth-order valence-electron chi connectivity index (χ4n) is 2.87. The van der Waals surface area contributed by atoms with Crippen LogP contribution in [0.5, 0.6) is 0 Å². The monoisotopic (exact) mass is 355 g/mol. The van der Waals surface area contributed by atoms with Crippen LogP contribution in [-0.2, 0) is 11.2 Å². The third-order valence-electron chi connectivity index (χ3n) is 3.90. The van der Waals surface area contributed by atoms with Gasteiger partial charge in [0.25, 0.3) is 0 Å². The number of rotatable bonds is 11. The Morgan fingerprint density at radius 1 is 1.29 bits per heavy atom. The zero-order valence-electron chi connectivity index (χ0n) is 13.7. The molecule has 2 atom stereocenters. The van der Waals surface area contributed by atoms with Gasteiger partial charge in [-0.05, 0) is 42.9 Å². The number of halogens is 1. The summed E-state index contributed by atoms with van der Waals surface area (Å²) in [6.45, 7) is 7.44. The van der Waals surface area contributed by atoms with Gasteiger partial charge in [0.15, 0.2) is 0 Å². The summed E-state index contributed by atoms with van der Waals surface area (Å²) < 4.78 is 6.34. The maximum Gasteiger partial charge on any atom is 0.0587 e. The van der Waals surface area contributed by atoms with Crippen molar-refractivity contribution in [3.63, 3.8) is 0 Å². The van der Waals surface area contributed by atoms with E-state index >= 15 is 0 Å². The molecule has 21 heavy (non-hydrogen) atoms. The molecule has 2 nitrogen and oxygen atoms in total. The van der Waals surface area contributed by atoms with Gasteiger partial charge < -0.3 is 10.1 Å². The van der Waals surface area contributed by atoms with Crippen LogP contribution in [0, 0.1) is 11.8 Å². The molecule has 0 saturated carbocycles. The number of benzene rings is 1. The average molecular weight is 356 g/mol. The highest BCUT2D eigenvalue weighted by atomic mass is 79.9. The smallest absolute Gasteiger partial charge is 0.0587 e. The fraction of sp³-hybridized carbons (Fsp3) is 0.667. The van der Waals surface area contributed by atoms with Crippen LogP contribution < -0.4 is 5.32 Å². The van der Waals surface area contributed by atoms with Crippen molar-refractivity contribution in [2.45, 2.75) is 39.5 Å². The fourth-order valence-corrected chi connectivity index (χ4v) is 3.32. The third-order valence-corrected chi connectivity index (χ3v) is 4.67. The second kappa shape index (κ2) is 11.2. The van der Waals surface area contributed by atoms with Gasteiger partial charge in [0, 0.05) is 18.1 Å². The Labute approximate surface area is 138 Å². The predicted molar refractivity (Wildman–Crippen MR) is 94.8 cm³/mol. The van der Waals surface area contributed by atoms with E-state index in [2.05, 4.69) is 59.4 Å². The number of ether oxygens (including phenoxy) is 1. The van der Waals surface area contributed by atoms with Crippen molar-refractivity contribution >= 4 is 15.9 Å². The zero-order valence-corrected chi connectivity index (χ0v) is 15.3. The molecule has 0 bridgehead atoms. The van der Waals surface area contributed by atoms with Gasteiger partial charge in [-0.3, -0.25) is 0 Å². The second-order valence-corrected chi connectivity index (χ2v) is 6.84. The van der Waals surface area contributed by atoms with Crippen molar-refractivity contribution < 1.29 is 4.74 Å². The summed E-state index contributed by atoms with van der Waals surface area (Å²) in [6, 6.07) is 8.58. The molecule has 0 saturated heterocycles. The summed E-state index contributed by atoms with van der Waals surface area (Å²) in [5.41, 5.74) is 1.42. The molecular formula is C18H30BrNO. The van der Waals surface area contributed by atoms with E-state index in [1.165, 1.54) is 29.3 Å². The summed E-state index contributed by atoms with van der Waals surface area (Å²) in [6.07, 6.45) is 5.02. The van der Waals surface area contributed by atoms with Gasteiger partial charge in [-0.1, -0.05) is 60.8 Å². The number of hydrogen-bond acceptors (Lipinski definition) is 2. The lowest BCUT2D eigenvalue weighted by Crippen LogP contribution is -2.28. The van der Waals surface area contributed by atoms with Crippen LogP contribution >= 0.6 is 15.9 Å². The summed E-state index contributed by atoms with van der Waals surface area (Å²) in [4.78, 5) is 0. The lowest BCUT2D eigenvalue weighted by Gasteiger charge is -2.22. The highest BCUT2D eigenvalue weighted by Gasteiger charge is 2.14. The SMILES string of the molecule is CCCC(C)CC(CNCCOC)Cc1ccccc1Br. The minimum absolute atomic E-state index is 0.683. The predicted octanol–water partition coefficient (Wildman–Crippen LogP) is 4.67. The first kappa shape index (κ1) is 18.7. The molecule has 1 aromatic rings. The Morgan fingerprint density at radius 2 is 2.05 bits per heavy atom. The average Bonchev–Trinajstić information content (AvgIpc) is 2.46. The Kier molecular flexibility index (Phi) is 9.98. The van der Waals surface area contributed by atoms with Gasteiger partial charge >= 0.3 is 0 Å². The second-order valence-electron chi connectivity index (χ2n) is 5.99. The van der Waals surface area contributed by atoms with E-state index < -0.39 is 0 Å². The molecule has 0 aliphatic carbocycles. The first-order valence-corrected chi connectivity index (χ1v) is 8.89. The van der Waals surface area contributed by atoms with Gasteiger partial charge in [0.05, 0.1) is 6.61 Å². The molecule has 2 unspecified atom stereocenters. The van der Waals surface area contributed by atoms with Crippen molar-refractivity contribution in [3.05, 3.63) is 34.3 Å². The molecule has 0 heterocycles. The van der Waals surface area contributed by atoms with Crippen molar-refractivity contribution in [1.82, 2.24) is 5.32 Å². The van der Waals surface area contributed by atoms with Crippen molar-refractivity contribution in [2.24, 2.45) is 11.8 Å². The Balaban J connectivity index is 2.55. The molecule has 1 rings (SSSR count). The summed E-state index contributed by atoms with van der Waals surface area (Å²) >= 11 is 3.67. The zero-order chi connectivity index (χ0) is 15.5. The van der Waals surface area contributed by atoms with E-state index in [1.54, 1.807) is 7.11 Å². The van der Waals surface area contributed by atoms with Gasteiger partial charge in [-0.15, -0.1) is 0 Å². The molecule has 0 amide bonds. The molecular weight excluding hydrogens is 326 g/mol. The largest absolute Gasteiger partial charge is 0.383 e. The van der Waals surface area contributed by atoms with Gasteiger partial charge in [-0.2, -0.15) is 0 Å². The van der Waals surface area contributed by atoms with E-state index in [1.807, 2.05) is 0 Å². The molecule has 0 spiro atoms. The topological polar surface area (TPSA) is 21.3 Å². The van der Waals surface area contributed by atoms with Gasteiger partial charge in [0.2, 0.25) is 0 Å². The lowest BCUT2D eigenvalue weighted by atomic mass is 9.88. The summed E-state index contributed by atoms with van der Waals surface area (Å²) in [7, 11) is 1.75. The van der Waals surface area contributed by atoms with Crippen molar-refractivity contribution in [1.29, 1.82) is 0 Å². The Hall–Kier alpha value is -0.380. The molecule has 3 heteroatoms. The van der Waals surface area contributed by atoms with Gasteiger partial charge in [0.1, 0.15) is 0 Å². The molecule has 120 valence electrons. The maximum absolute atomic E-state index is 5.11. The normalized spacial score (nSPS) is 14.1. The van der Waals surface area contributed by atoms with Crippen molar-refractivity contribution in [3.8, 4) is 0 Å². The molecule has 0 aromatic heterocycles. The molecule has 0 fully saturated rings. The maximum atomic E-state index is 5.11. The minimum atomic E-state index is 0.683. The molecule has 0 aliphatic heterocycles. The van der Waals surface area contributed by atoms with Crippen LogP contribution in [0.15, 0.2) is 28.7 Å². The van der Waals surface area contributed by atoms with E-state index in [-0.39, 0.29) is 0 Å². The summed E-state index contributed by atoms with van der Waals surface area (Å²) in [5.74, 6) is 1.48. The quantitative estimate of drug-likeness (QED) is 0.582. The van der Waals surface area contributed by atoms with E-state index in [4.69, 9.17) is 4.74 Å².